The molecule has 186 valence electrons. The van der Waals surface area contributed by atoms with E-state index in [1.165, 1.54) is 16.3 Å². The molecule has 2 atom stereocenters. The number of aryl methyl sites for hydroxylation is 1. The topological polar surface area (TPSA) is 61.8 Å². The van der Waals surface area contributed by atoms with Crippen LogP contribution in [0.25, 0.3) is 10.8 Å². The number of nitrogens with one attached hydrogen (secondary N) is 1. The predicted octanol–water partition coefficient (Wildman–Crippen LogP) is 6.83. The minimum atomic E-state index is -0.898. The number of nitrogens with zero attached hydrogens (tertiary/aromatic N) is 1. The van der Waals surface area contributed by atoms with E-state index >= 15 is 0 Å². The highest BCUT2D eigenvalue weighted by Gasteiger charge is 2.29. The van der Waals surface area contributed by atoms with E-state index in [0.29, 0.717) is 18.7 Å². The molecule has 2 N–H and O–H groups in total. The van der Waals surface area contributed by atoms with E-state index in [1.807, 2.05) is 50.2 Å². The highest BCUT2D eigenvalue weighted by molar-refractivity contribution is 5.94. The zero-order valence-corrected chi connectivity index (χ0v) is 21.5. The van der Waals surface area contributed by atoms with Crippen molar-refractivity contribution in [2.75, 3.05) is 18.0 Å². The summed E-state index contributed by atoms with van der Waals surface area (Å²) in [6.45, 7) is 7.19. The van der Waals surface area contributed by atoms with Crippen molar-refractivity contribution in [1.29, 1.82) is 0 Å². The number of hydrogen-bond acceptors (Lipinski definition) is 4. The second-order valence-corrected chi connectivity index (χ2v) is 9.22. The van der Waals surface area contributed by atoms with Gasteiger partial charge in [-0.3, -0.25) is 0 Å². The molecule has 0 amide bonds. The van der Waals surface area contributed by atoms with E-state index in [-0.39, 0.29) is 24.6 Å². The van der Waals surface area contributed by atoms with E-state index in [0.717, 1.165) is 28.3 Å². The third-order valence-electron chi connectivity index (χ3n) is 6.93. The van der Waals surface area contributed by atoms with Crippen LogP contribution in [0.5, 0.6) is 5.75 Å². The third kappa shape index (κ3) is 4.77. The molecule has 0 saturated carbocycles. The van der Waals surface area contributed by atoms with Gasteiger partial charge in [-0.05, 0) is 66.4 Å². The number of ether oxygens (including phenoxy) is 1. The van der Waals surface area contributed by atoms with Crippen LogP contribution in [0.3, 0.4) is 0 Å². The fourth-order valence-electron chi connectivity index (χ4n) is 5.14. The molecule has 0 aliphatic carbocycles. The molecule has 0 radical (unpaired) electrons. The van der Waals surface area contributed by atoms with Crippen LogP contribution in [0, 0.1) is 13.8 Å². The van der Waals surface area contributed by atoms with Gasteiger partial charge < -0.3 is 20.1 Å². The van der Waals surface area contributed by atoms with Crippen molar-refractivity contribution in [2.24, 2.45) is 0 Å². The monoisotopic (exact) mass is 502 g/mol. The molecule has 1 aliphatic heterocycles. The minimum absolute atomic E-state index is 0. The van der Waals surface area contributed by atoms with E-state index in [4.69, 9.17) is 4.74 Å². The van der Waals surface area contributed by atoms with Gasteiger partial charge in [0, 0.05) is 18.3 Å². The van der Waals surface area contributed by atoms with Gasteiger partial charge in [0.2, 0.25) is 0 Å². The summed E-state index contributed by atoms with van der Waals surface area (Å²) in [6.07, 6.45) is -0.101. The molecule has 5 rings (SSSR count). The lowest BCUT2D eigenvalue weighted by molar-refractivity contribution is 0.0695. The van der Waals surface area contributed by atoms with Crippen LogP contribution < -0.4 is 15.0 Å². The van der Waals surface area contributed by atoms with Gasteiger partial charge in [-0.15, -0.1) is 12.4 Å². The van der Waals surface area contributed by atoms with Crippen LogP contribution in [-0.4, -0.2) is 30.3 Å². The average molecular weight is 503 g/mol. The molecule has 4 aromatic rings. The molecule has 1 heterocycles. The lowest BCUT2D eigenvalue weighted by atomic mass is 9.99. The van der Waals surface area contributed by atoms with Crippen LogP contribution in [0.1, 0.15) is 40.0 Å². The molecular weight excluding hydrogens is 472 g/mol. The number of carboxylic acids is 1. The Bertz CT molecular complexity index is 1400. The molecule has 5 nitrogen and oxygen atoms in total. The molecule has 0 fully saturated rings. The van der Waals surface area contributed by atoms with Gasteiger partial charge in [-0.2, -0.15) is 0 Å². The molecule has 4 aromatic carbocycles. The Labute approximate surface area is 218 Å². The van der Waals surface area contributed by atoms with Crippen LogP contribution >= 0.6 is 12.4 Å². The van der Waals surface area contributed by atoms with E-state index < -0.39 is 5.97 Å². The fourth-order valence-corrected chi connectivity index (χ4v) is 5.14. The number of benzene rings is 4. The maximum Gasteiger partial charge on any atom is 0.336 e. The van der Waals surface area contributed by atoms with Gasteiger partial charge >= 0.3 is 5.97 Å². The molecule has 36 heavy (non-hydrogen) atoms. The number of anilines is 2. The third-order valence-corrected chi connectivity index (χ3v) is 6.93. The van der Waals surface area contributed by atoms with Gasteiger partial charge in [0.1, 0.15) is 11.9 Å². The zero-order valence-electron chi connectivity index (χ0n) is 20.7. The summed E-state index contributed by atoms with van der Waals surface area (Å²) in [6, 6.07) is 26.9. The predicted molar refractivity (Wildman–Crippen MR) is 148 cm³/mol. The normalized spacial score (nSPS) is 15.5. The average Bonchev–Trinajstić information content (AvgIpc) is 2.86. The number of carbonyl (C=O) groups is 1. The molecule has 6 heteroatoms. The lowest BCUT2D eigenvalue weighted by Gasteiger charge is -2.38. The Hall–Kier alpha value is -3.54. The van der Waals surface area contributed by atoms with Gasteiger partial charge in [-0.1, -0.05) is 60.7 Å². The summed E-state index contributed by atoms with van der Waals surface area (Å²) >= 11 is 0. The smallest absolute Gasteiger partial charge is 0.336 e. The van der Waals surface area contributed by atoms with Crippen LogP contribution in [0.2, 0.25) is 0 Å². The van der Waals surface area contributed by atoms with Crippen LogP contribution in [0.4, 0.5) is 11.4 Å². The van der Waals surface area contributed by atoms with Crippen LogP contribution in [0.15, 0.2) is 78.9 Å². The maximum atomic E-state index is 11.9. The van der Waals surface area contributed by atoms with Gasteiger partial charge in [0.15, 0.2) is 0 Å². The van der Waals surface area contributed by atoms with E-state index in [9.17, 15) is 9.90 Å². The van der Waals surface area contributed by atoms with Gasteiger partial charge in [0.05, 0.1) is 17.8 Å². The number of aromatic carboxylic acids is 1. The standard InChI is InChI=1S/C30H30N2O3.ClH/c1-19-15-16-26(20(2)29(19)30(33)34)32-18-23(35-28-14-7-6-13-27(28)32)17-31-21(3)24-12-8-10-22-9-4-5-11-25(22)24;/h4-16,21,23,31H,17-18H2,1-3H3,(H,33,34);1H/t21-,23?;/m1./s1. The first-order valence-corrected chi connectivity index (χ1v) is 12.0. The summed E-state index contributed by atoms with van der Waals surface area (Å²) in [7, 11) is 0. The number of fused-ring (bicyclic) bond motifs is 2. The molecule has 0 bridgehead atoms. The van der Waals surface area contributed by atoms with Gasteiger partial charge in [-0.25, -0.2) is 4.79 Å². The number of rotatable bonds is 6. The number of hydrogen-bond donors (Lipinski definition) is 2. The summed E-state index contributed by atoms with van der Waals surface area (Å²) in [5.74, 6) is -0.0919. The Morgan fingerprint density at radius 1 is 1.00 bits per heavy atom. The zero-order chi connectivity index (χ0) is 24.5. The number of carboxylic acid groups (broad SMARTS) is 1. The van der Waals surface area contributed by atoms with E-state index in [1.54, 1.807) is 0 Å². The molecule has 1 aliphatic rings. The van der Waals surface area contributed by atoms with Crippen LogP contribution in [-0.2, 0) is 0 Å². The molecule has 0 saturated heterocycles. The first-order valence-electron chi connectivity index (χ1n) is 12.0. The van der Waals surface area contributed by atoms with Crippen molar-refractivity contribution in [3.05, 3.63) is 101 Å². The lowest BCUT2D eigenvalue weighted by Crippen LogP contribution is -2.44. The first-order chi connectivity index (χ1) is 16.9. The Kier molecular flexibility index (Phi) is 7.53. The quantitative estimate of drug-likeness (QED) is 0.302. The first kappa shape index (κ1) is 25.5. The molecular formula is C30H31ClN2O3. The number of para-hydroxylation sites is 2. The Balaban J connectivity index is 0.00000304. The second kappa shape index (κ2) is 10.6. The summed E-state index contributed by atoms with van der Waals surface area (Å²) < 4.78 is 6.38. The van der Waals surface area contributed by atoms with Crippen molar-refractivity contribution in [3.63, 3.8) is 0 Å². The SMILES string of the molecule is Cc1ccc(N2CC(CN[C@H](C)c3cccc4ccccc34)Oc3ccccc32)c(C)c1C(=O)O.Cl. The van der Waals surface area contributed by atoms with Crippen molar-refractivity contribution in [3.8, 4) is 5.75 Å². The summed E-state index contributed by atoms with van der Waals surface area (Å²) in [5.41, 5.74) is 5.01. The van der Waals surface area contributed by atoms with Crippen molar-refractivity contribution in [2.45, 2.75) is 32.9 Å². The largest absolute Gasteiger partial charge is 0.485 e. The maximum absolute atomic E-state index is 11.9. The molecule has 1 unspecified atom stereocenters. The van der Waals surface area contributed by atoms with Gasteiger partial charge in [0.25, 0.3) is 0 Å². The van der Waals surface area contributed by atoms with Crippen molar-refractivity contribution < 1.29 is 14.6 Å². The van der Waals surface area contributed by atoms with Crippen molar-refractivity contribution in [1.82, 2.24) is 5.32 Å². The summed E-state index contributed by atoms with van der Waals surface area (Å²) in [4.78, 5) is 14.1. The van der Waals surface area contributed by atoms with E-state index in [2.05, 4.69) is 59.6 Å². The Morgan fingerprint density at radius 2 is 1.72 bits per heavy atom. The highest BCUT2D eigenvalue weighted by atomic mass is 35.5. The molecule has 0 spiro atoms. The number of halogens is 1. The fraction of sp³-hybridized carbons (Fsp3) is 0.233. The highest BCUT2D eigenvalue weighted by Crippen LogP contribution is 2.40. The summed E-state index contributed by atoms with van der Waals surface area (Å²) in [5, 5.41) is 15.9. The Morgan fingerprint density at radius 3 is 2.53 bits per heavy atom. The second-order valence-electron chi connectivity index (χ2n) is 9.22. The minimum Gasteiger partial charge on any atom is -0.485 e. The molecule has 0 aromatic heterocycles. The van der Waals surface area contributed by atoms with Crippen molar-refractivity contribution >= 4 is 40.5 Å².